The van der Waals surface area contributed by atoms with Gasteiger partial charge >= 0.3 is 0 Å². The smallest absolute Gasteiger partial charge is 0.253 e. The number of methoxy groups -OCH3 is 1. The molecule has 0 aliphatic rings. The van der Waals surface area contributed by atoms with Gasteiger partial charge in [-0.05, 0) is 29.8 Å². The molecule has 2 N–H and O–H groups in total. The van der Waals surface area contributed by atoms with Gasteiger partial charge in [-0.3, -0.25) is 14.6 Å². The molecule has 0 spiro atoms. The molecule has 0 aliphatic carbocycles. The summed E-state index contributed by atoms with van der Waals surface area (Å²) in [6.07, 6.45) is 1.68. The number of rotatable bonds is 7. The number of aromatic nitrogens is 1. The summed E-state index contributed by atoms with van der Waals surface area (Å²) < 4.78 is 5.10. The molecule has 0 saturated carbocycles. The number of nitrogens with zero attached hydrogens (tertiary/aromatic N) is 1. The van der Waals surface area contributed by atoms with Crippen LogP contribution in [0.3, 0.4) is 0 Å². The van der Waals surface area contributed by atoms with Crippen LogP contribution in [0.25, 0.3) is 0 Å². The van der Waals surface area contributed by atoms with Crippen LogP contribution in [0, 0.1) is 0 Å². The van der Waals surface area contributed by atoms with Crippen molar-refractivity contribution in [3.05, 3.63) is 80.4 Å². The van der Waals surface area contributed by atoms with E-state index in [1.54, 1.807) is 13.3 Å². The molecule has 0 amide bonds. The Labute approximate surface area is 138 Å². The molecule has 2 aromatic carbocycles. The molecule has 3 rings (SSSR count). The predicted molar refractivity (Wildman–Crippen MR) is 93.2 cm³/mol. The number of nitrogens with one attached hydrogen (secondary N) is 2. The second-order valence-corrected chi connectivity index (χ2v) is 5.28. The molecule has 24 heavy (non-hydrogen) atoms. The SMILES string of the molecule is COc1ccc(CNc2c(NCc3ccccn3)c(=O)c2=O)cc1. The molecule has 0 bridgehead atoms. The Morgan fingerprint density at radius 2 is 1.58 bits per heavy atom. The van der Waals surface area contributed by atoms with Crippen molar-refractivity contribution in [2.75, 3.05) is 17.7 Å². The van der Waals surface area contributed by atoms with E-state index in [9.17, 15) is 9.59 Å². The standard InChI is InChI=1S/C18H17N3O3/c1-24-14-7-5-12(6-8-14)10-20-15-16(18(23)17(15)22)21-11-13-4-2-3-9-19-13/h2-9,20-21H,10-11H2,1H3. The van der Waals surface area contributed by atoms with Gasteiger partial charge in [0, 0.05) is 12.7 Å². The van der Waals surface area contributed by atoms with E-state index in [-0.39, 0.29) is 0 Å². The quantitative estimate of drug-likeness (QED) is 0.647. The zero-order chi connectivity index (χ0) is 16.9. The van der Waals surface area contributed by atoms with Crippen molar-refractivity contribution in [3.63, 3.8) is 0 Å². The molecule has 6 nitrogen and oxygen atoms in total. The fourth-order valence-corrected chi connectivity index (χ4v) is 2.34. The Morgan fingerprint density at radius 1 is 0.917 bits per heavy atom. The number of ether oxygens (including phenoxy) is 1. The molecule has 1 heterocycles. The molecule has 0 aliphatic heterocycles. The number of hydrogen-bond acceptors (Lipinski definition) is 6. The summed E-state index contributed by atoms with van der Waals surface area (Å²) in [5, 5.41) is 6.01. The topological polar surface area (TPSA) is 80.3 Å². The third-order valence-electron chi connectivity index (χ3n) is 3.71. The van der Waals surface area contributed by atoms with Gasteiger partial charge in [0.1, 0.15) is 17.1 Å². The van der Waals surface area contributed by atoms with Gasteiger partial charge in [0.25, 0.3) is 10.9 Å². The van der Waals surface area contributed by atoms with E-state index in [4.69, 9.17) is 4.74 Å². The fraction of sp³-hybridized carbons (Fsp3) is 0.167. The highest BCUT2D eigenvalue weighted by Gasteiger charge is 2.20. The van der Waals surface area contributed by atoms with Gasteiger partial charge in [-0.15, -0.1) is 0 Å². The van der Waals surface area contributed by atoms with Gasteiger partial charge in [0.15, 0.2) is 0 Å². The van der Waals surface area contributed by atoms with E-state index in [2.05, 4.69) is 15.6 Å². The van der Waals surface area contributed by atoms with Crippen LogP contribution in [0.15, 0.2) is 58.3 Å². The Morgan fingerprint density at radius 3 is 2.17 bits per heavy atom. The van der Waals surface area contributed by atoms with Crippen LogP contribution in [0.1, 0.15) is 11.3 Å². The van der Waals surface area contributed by atoms with Crippen molar-refractivity contribution in [3.8, 4) is 5.75 Å². The van der Waals surface area contributed by atoms with Crippen molar-refractivity contribution in [1.29, 1.82) is 0 Å². The van der Waals surface area contributed by atoms with Gasteiger partial charge in [-0.2, -0.15) is 0 Å². The first-order valence-corrected chi connectivity index (χ1v) is 7.53. The first-order valence-electron chi connectivity index (χ1n) is 7.53. The zero-order valence-corrected chi connectivity index (χ0v) is 13.2. The molecule has 122 valence electrons. The Balaban J connectivity index is 1.64. The highest BCUT2D eigenvalue weighted by atomic mass is 16.5. The maximum Gasteiger partial charge on any atom is 0.253 e. The molecular weight excluding hydrogens is 306 g/mol. The molecule has 6 heteroatoms. The van der Waals surface area contributed by atoms with Crippen molar-refractivity contribution in [1.82, 2.24) is 4.98 Å². The number of pyridine rings is 1. The van der Waals surface area contributed by atoms with Crippen LogP contribution >= 0.6 is 0 Å². The number of anilines is 2. The lowest BCUT2D eigenvalue weighted by Crippen LogP contribution is -2.37. The van der Waals surface area contributed by atoms with Crippen LogP contribution in [0.5, 0.6) is 5.75 Å². The van der Waals surface area contributed by atoms with E-state index in [1.807, 2.05) is 42.5 Å². The van der Waals surface area contributed by atoms with Crippen LogP contribution in [-0.2, 0) is 13.1 Å². The summed E-state index contributed by atoms with van der Waals surface area (Å²) in [7, 11) is 1.61. The summed E-state index contributed by atoms with van der Waals surface area (Å²) in [4.78, 5) is 27.7. The second kappa shape index (κ2) is 6.95. The van der Waals surface area contributed by atoms with Gasteiger partial charge in [-0.1, -0.05) is 18.2 Å². The van der Waals surface area contributed by atoms with Crippen molar-refractivity contribution in [2.24, 2.45) is 0 Å². The van der Waals surface area contributed by atoms with E-state index in [0.29, 0.717) is 24.5 Å². The summed E-state index contributed by atoms with van der Waals surface area (Å²) in [6.45, 7) is 0.843. The zero-order valence-electron chi connectivity index (χ0n) is 13.2. The first kappa shape index (κ1) is 15.7. The fourth-order valence-electron chi connectivity index (χ4n) is 2.34. The average molecular weight is 323 g/mol. The maximum atomic E-state index is 11.8. The highest BCUT2D eigenvalue weighted by Crippen LogP contribution is 2.17. The van der Waals surface area contributed by atoms with Crippen molar-refractivity contribution in [2.45, 2.75) is 13.1 Å². The molecule has 0 fully saturated rings. The predicted octanol–water partition coefficient (Wildman–Crippen LogP) is 1.91. The van der Waals surface area contributed by atoms with Gasteiger partial charge < -0.3 is 15.4 Å². The molecule has 0 unspecified atom stereocenters. The van der Waals surface area contributed by atoms with Crippen molar-refractivity contribution >= 4 is 11.4 Å². The minimum Gasteiger partial charge on any atom is -0.497 e. The average Bonchev–Trinajstić information content (AvgIpc) is 2.65. The van der Waals surface area contributed by atoms with Crippen LogP contribution in [0.2, 0.25) is 0 Å². The summed E-state index contributed by atoms with van der Waals surface area (Å²) in [5.74, 6) is 0.769. The van der Waals surface area contributed by atoms with E-state index in [1.165, 1.54) is 0 Å². The van der Waals surface area contributed by atoms with Crippen LogP contribution in [0.4, 0.5) is 11.4 Å². The Bertz CT molecular complexity index is 882. The van der Waals surface area contributed by atoms with E-state index >= 15 is 0 Å². The first-order chi connectivity index (χ1) is 11.7. The third-order valence-corrected chi connectivity index (χ3v) is 3.71. The molecular formula is C18H17N3O3. The molecule has 0 saturated heterocycles. The van der Waals surface area contributed by atoms with E-state index in [0.717, 1.165) is 17.0 Å². The molecule has 0 atom stereocenters. The number of benzene rings is 1. The normalized spacial score (nSPS) is 10.5. The summed E-state index contributed by atoms with van der Waals surface area (Å²) in [6, 6.07) is 13.0. The minimum absolute atomic E-state index is 0.319. The number of hydrogen-bond donors (Lipinski definition) is 2. The monoisotopic (exact) mass is 323 g/mol. The molecule has 0 radical (unpaired) electrons. The Hall–Kier alpha value is -3.15. The maximum absolute atomic E-state index is 11.8. The van der Waals surface area contributed by atoms with E-state index < -0.39 is 10.9 Å². The minimum atomic E-state index is -0.497. The van der Waals surface area contributed by atoms with Crippen LogP contribution < -0.4 is 26.2 Å². The van der Waals surface area contributed by atoms with Crippen LogP contribution in [-0.4, -0.2) is 12.1 Å². The summed E-state index contributed by atoms with van der Waals surface area (Å²) >= 11 is 0. The lowest BCUT2D eigenvalue weighted by molar-refractivity contribution is 0.414. The highest BCUT2D eigenvalue weighted by molar-refractivity contribution is 5.73. The van der Waals surface area contributed by atoms with Gasteiger partial charge in [0.05, 0.1) is 19.3 Å². The largest absolute Gasteiger partial charge is 0.497 e. The summed E-state index contributed by atoms with van der Waals surface area (Å²) in [5.41, 5.74) is 1.44. The van der Waals surface area contributed by atoms with Gasteiger partial charge in [-0.25, -0.2) is 0 Å². The lowest BCUT2D eigenvalue weighted by atomic mass is 10.1. The Kier molecular flexibility index (Phi) is 4.56. The third kappa shape index (κ3) is 3.27. The van der Waals surface area contributed by atoms with Gasteiger partial charge in [0.2, 0.25) is 0 Å². The second-order valence-electron chi connectivity index (χ2n) is 5.28. The molecule has 3 aromatic rings. The van der Waals surface area contributed by atoms with Crippen molar-refractivity contribution < 1.29 is 4.74 Å². The lowest BCUT2D eigenvalue weighted by Gasteiger charge is -2.14. The molecule has 1 aromatic heterocycles.